The van der Waals surface area contributed by atoms with Crippen LogP contribution in [0.1, 0.15) is 24.0 Å². The molecule has 3 aromatic rings. The Kier molecular flexibility index (Phi) is 6.26. The molecule has 2 aromatic carbocycles. The summed E-state index contributed by atoms with van der Waals surface area (Å²) in [5.74, 6) is -0.0701. The lowest BCUT2D eigenvalue weighted by Crippen LogP contribution is -2.23. The molecule has 3 rings (SSSR count). The molecule has 6 heteroatoms. The first-order chi connectivity index (χ1) is 13.4. The number of nitrogens with one attached hydrogen (secondary N) is 1. The van der Waals surface area contributed by atoms with Gasteiger partial charge in [-0.3, -0.25) is 9.59 Å². The molecule has 0 aliphatic heterocycles. The van der Waals surface area contributed by atoms with Crippen molar-refractivity contribution in [2.75, 3.05) is 5.32 Å². The van der Waals surface area contributed by atoms with E-state index in [1.807, 2.05) is 44.2 Å². The number of nitrogens with zero attached hydrogens (tertiary/aromatic N) is 2. The number of anilines is 1. The SMILES string of the molecule is Cc1cccc(C)c1NC(=O)CCCn1nc(-c2ccc(Cl)cc2)ccc1=O. The number of hydrogen-bond acceptors (Lipinski definition) is 3. The summed E-state index contributed by atoms with van der Waals surface area (Å²) in [6, 6.07) is 16.4. The van der Waals surface area contributed by atoms with Gasteiger partial charge in [-0.2, -0.15) is 5.10 Å². The van der Waals surface area contributed by atoms with Gasteiger partial charge in [-0.1, -0.05) is 41.9 Å². The van der Waals surface area contributed by atoms with Crippen LogP contribution in [0.4, 0.5) is 5.69 Å². The Balaban J connectivity index is 1.63. The predicted octanol–water partition coefficient (Wildman–Crippen LogP) is 4.60. The van der Waals surface area contributed by atoms with Crippen LogP contribution in [0.2, 0.25) is 5.02 Å². The molecule has 0 bridgehead atoms. The largest absolute Gasteiger partial charge is 0.326 e. The normalized spacial score (nSPS) is 10.7. The highest BCUT2D eigenvalue weighted by Gasteiger charge is 2.08. The van der Waals surface area contributed by atoms with E-state index in [2.05, 4.69) is 10.4 Å². The molecule has 0 aliphatic rings. The van der Waals surface area contributed by atoms with Crippen molar-refractivity contribution in [3.63, 3.8) is 0 Å². The Morgan fingerprint density at radius 3 is 2.39 bits per heavy atom. The molecule has 0 fully saturated rings. The summed E-state index contributed by atoms with van der Waals surface area (Å²) in [6.07, 6.45) is 0.834. The molecule has 1 amide bonds. The number of aryl methyl sites for hydroxylation is 3. The second kappa shape index (κ2) is 8.85. The first-order valence-electron chi connectivity index (χ1n) is 9.14. The van der Waals surface area contributed by atoms with Crippen LogP contribution in [0.25, 0.3) is 11.3 Å². The Morgan fingerprint density at radius 1 is 1.04 bits per heavy atom. The molecule has 1 N–H and O–H groups in total. The highest BCUT2D eigenvalue weighted by Crippen LogP contribution is 2.20. The van der Waals surface area contributed by atoms with Gasteiger partial charge in [0.25, 0.3) is 5.56 Å². The zero-order valence-electron chi connectivity index (χ0n) is 15.9. The zero-order valence-corrected chi connectivity index (χ0v) is 16.7. The number of rotatable bonds is 6. The Labute approximate surface area is 169 Å². The van der Waals surface area contributed by atoms with Crippen LogP contribution in [0.15, 0.2) is 59.4 Å². The maximum Gasteiger partial charge on any atom is 0.266 e. The number of halogens is 1. The fourth-order valence-electron chi connectivity index (χ4n) is 2.99. The average Bonchev–Trinajstić information content (AvgIpc) is 2.67. The third-order valence-electron chi connectivity index (χ3n) is 4.53. The van der Waals surface area contributed by atoms with Gasteiger partial charge in [-0.25, -0.2) is 4.68 Å². The third kappa shape index (κ3) is 4.87. The van der Waals surface area contributed by atoms with Crippen LogP contribution >= 0.6 is 11.6 Å². The molecule has 0 atom stereocenters. The number of carbonyl (C=O) groups excluding carboxylic acids is 1. The van der Waals surface area contributed by atoms with Crippen molar-refractivity contribution in [2.45, 2.75) is 33.2 Å². The molecule has 1 heterocycles. The predicted molar refractivity (Wildman–Crippen MR) is 113 cm³/mol. The minimum Gasteiger partial charge on any atom is -0.326 e. The van der Waals surface area contributed by atoms with E-state index in [-0.39, 0.29) is 11.5 Å². The van der Waals surface area contributed by atoms with Gasteiger partial charge in [0.2, 0.25) is 5.91 Å². The monoisotopic (exact) mass is 395 g/mol. The van der Waals surface area contributed by atoms with Crippen molar-refractivity contribution in [3.8, 4) is 11.3 Å². The van der Waals surface area contributed by atoms with Gasteiger partial charge in [0.1, 0.15) is 0 Å². The van der Waals surface area contributed by atoms with E-state index >= 15 is 0 Å². The lowest BCUT2D eigenvalue weighted by atomic mass is 10.1. The van der Waals surface area contributed by atoms with Gasteiger partial charge < -0.3 is 5.32 Å². The molecule has 0 saturated carbocycles. The molecule has 1 aromatic heterocycles. The van der Waals surface area contributed by atoms with Crippen LogP contribution in [0.3, 0.4) is 0 Å². The van der Waals surface area contributed by atoms with E-state index in [0.717, 1.165) is 22.4 Å². The van der Waals surface area contributed by atoms with Crippen molar-refractivity contribution in [3.05, 3.63) is 81.1 Å². The molecule has 144 valence electrons. The van der Waals surface area contributed by atoms with Crippen LogP contribution in [-0.2, 0) is 11.3 Å². The maximum absolute atomic E-state index is 12.3. The van der Waals surface area contributed by atoms with Crippen LogP contribution in [0.5, 0.6) is 0 Å². The van der Waals surface area contributed by atoms with E-state index in [4.69, 9.17) is 11.6 Å². The molecular weight excluding hydrogens is 374 g/mol. The van der Waals surface area contributed by atoms with Gasteiger partial charge >= 0.3 is 0 Å². The topological polar surface area (TPSA) is 64.0 Å². The van der Waals surface area contributed by atoms with E-state index in [1.165, 1.54) is 10.7 Å². The van der Waals surface area contributed by atoms with Crippen LogP contribution < -0.4 is 10.9 Å². The molecular formula is C22H22ClN3O2. The molecule has 5 nitrogen and oxygen atoms in total. The molecule has 28 heavy (non-hydrogen) atoms. The average molecular weight is 396 g/mol. The number of amides is 1. The number of aromatic nitrogens is 2. The van der Waals surface area contributed by atoms with E-state index < -0.39 is 0 Å². The highest BCUT2D eigenvalue weighted by molar-refractivity contribution is 6.30. The molecule has 0 unspecified atom stereocenters. The second-order valence-corrected chi connectivity index (χ2v) is 7.14. The van der Waals surface area contributed by atoms with Crippen molar-refractivity contribution >= 4 is 23.2 Å². The van der Waals surface area contributed by atoms with Crippen molar-refractivity contribution < 1.29 is 4.79 Å². The quantitative estimate of drug-likeness (QED) is 0.663. The number of benzene rings is 2. The minimum atomic E-state index is -0.187. The summed E-state index contributed by atoms with van der Waals surface area (Å²) < 4.78 is 1.40. The zero-order chi connectivity index (χ0) is 20.1. The number of carbonyl (C=O) groups is 1. The van der Waals surface area contributed by atoms with Gasteiger partial charge in [-0.05, 0) is 49.6 Å². The van der Waals surface area contributed by atoms with E-state index in [0.29, 0.717) is 30.1 Å². The van der Waals surface area contributed by atoms with Crippen molar-refractivity contribution in [1.29, 1.82) is 0 Å². The Morgan fingerprint density at radius 2 is 1.71 bits per heavy atom. The highest BCUT2D eigenvalue weighted by atomic mass is 35.5. The fourth-order valence-corrected chi connectivity index (χ4v) is 3.11. The lowest BCUT2D eigenvalue weighted by molar-refractivity contribution is -0.116. The van der Waals surface area contributed by atoms with Crippen LogP contribution in [0, 0.1) is 13.8 Å². The van der Waals surface area contributed by atoms with Crippen LogP contribution in [-0.4, -0.2) is 15.7 Å². The van der Waals surface area contributed by atoms with E-state index in [1.54, 1.807) is 18.2 Å². The summed E-state index contributed by atoms with van der Waals surface area (Å²) in [7, 11) is 0. The maximum atomic E-state index is 12.3. The summed E-state index contributed by atoms with van der Waals surface area (Å²) in [5.41, 5.74) is 4.30. The third-order valence-corrected chi connectivity index (χ3v) is 4.78. The second-order valence-electron chi connectivity index (χ2n) is 6.71. The van der Waals surface area contributed by atoms with E-state index in [9.17, 15) is 9.59 Å². The van der Waals surface area contributed by atoms with Crippen molar-refractivity contribution in [2.24, 2.45) is 0 Å². The first kappa shape index (κ1) is 19.8. The molecule has 0 radical (unpaired) electrons. The van der Waals surface area contributed by atoms with Gasteiger partial charge in [-0.15, -0.1) is 0 Å². The first-order valence-corrected chi connectivity index (χ1v) is 9.52. The van der Waals surface area contributed by atoms with Gasteiger partial charge in [0.05, 0.1) is 5.69 Å². The number of para-hydroxylation sites is 1. The summed E-state index contributed by atoms with van der Waals surface area (Å²) in [6.45, 7) is 4.31. The minimum absolute atomic E-state index is 0.0701. The summed E-state index contributed by atoms with van der Waals surface area (Å²) in [4.78, 5) is 24.4. The van der Waals surface area contributed by atoms with Crippen molar-refractivity contribution in [1.82, 2.24) is 9.78 Å². The fraction of sp³-hybridized carbons (Fsp3) is 0.227. The molecule has 0 aliphatic carbocycles. The molecule has 0 spiro atoms. The summed E-state index contributed by atoms with van der Waals surface area (Å²) in [5, 5.41) is 8.02. The Hall–Kier alpha value is -2.92. The number of hydrogen-bond donors (Lipinski definition) is 1. The van der Waals surface area contributed by atoms with Gasteiger partial charge in [0, 0.05) is 35.3 Å². The molecule has 0 saturated heterocycles. The summed E-state index contributed by atoms with van der Waals surface area (Å²) >= 11 is 5.92. The standard InChI is InChI=1S/C22H22ClN3O2/c1-15-5-3-6-16(2)22(15)24-20(27)7-4-14-26-21(28)13-12-19(25-26)17-8-10-18(23)11-9-17/h3,5-6,8-13H,4,7,14H2,1-2H3,(H,24,27). The van der Waals surface area contributed by atoms with Gasteiger partial charge in [0.15, 0.2) is 0 Å². The lowest BCUT2D eigenvalue weighted by Gasteiger charge is -2.11. The smallest absolute Gasteiger partial charge is 0.266 e. The Bertz CT molecular complexity index is 1020.